The molecule has 1 aliphatic rings. The van der Waals surface area contributed by atoms with Gasteiger partial charge in [-0.1, -0.05) is 42.5 Å². The summed E-state index contributed by atoms with van der Waals surface area (Å²) in [6, 6.07) is 20.0. The van der Waals surface area contributed by atoms with Crippen LogP contribution in [0.2, 0.25) is 0 Å². The predicted molar refractivity (Wildman–Crippen MR) is 122 cm³/mol. The van der Waals surface area contributed by atoms with E-state index in [2.05, 4.69) is 15.6 Å². The Balaban J connectivity index is 1.50. The molecule has 1 atom stereocenters. The highest BCUT2D eigenvalue weighted by atomic mass is 32.1. The van der Waals surface area contributed by atoms with Gasteiger partial charge < -0.3 is 10.6 Å². The molecule has 0 spiro atoms. The number of nitrogens with zero attached hydrogens (tertiary/aromatic N) is 1. The molecule has 0 fully saturated rings. The molecule has 6 heteroatoms. The molecule has 0 amide bonds. The van der Waals surface area contributed by atoms with Crippen LogP contribution in [0.25, 0.3) is 11.1 Å². The molecule has 4 rings (SSSR count). The fraction of sp³-hybridized carbons (Fsp3) is 0.167. The normalized spacial score (nSPS) is 15.6. The van der Waals surface area contributed by atoms with Crippen LogP contribution in [0.3, 0.4) is 0 Å². The number of benzene rings is 3. The van der Waals surface area contributed by atoms with Gasteiger partial charge in [0.1, 0.15) is 11.6 Å². The van der Waals surface area contributed by atoms with Crippen LogP contribution >= 0.6 is 12.2 Å². The second-order valence-electron chi connectivity index (χ2n) is 7.13. The van der Waals surface area contributed by atoms with E-state index in [1.165, 1.54) is 18.2 Å². The summed E-state index contributed by atoms with van der Waals surface area (Å²) in [6.07, 6.45) is 1.31. The zero-order valence-corrected chi connectivity index (χ0v) is 17.3. The predicted octanol–water partition coefficient (Wildman–Crippen LogP) is 5.87. The minimum atomic E-state index is -0.557. The van der Waals surface area contributed by atoms with Crippen molar-refractivity contribution in [1.29, 1.82) is 0 Å². The molecule has 0 bridgehead atoms. The van der Waals surface area contributed by atoms with Crippen molar-refractivity contribution in [2.24, 2.45) is 4.99 Å². The third-order valence-corrected chi connectivity index (χ3v) is 5.52. The van der Waals surface area contributed by atoms with Crippen molar-refractivity contribution < 1.29 is 8.78 Å². The standard InChI is InChI=1S/C24H21F2N3S/c1-27-24(30)28-18-11-9-16(10-12-18)15-5-7-17(8-6-15)21-13-14-22(29-21)23-19(25)3-2-4-20(23)26/h2-12,21H,13-14H2,1H3,(H2,27,28,30). The van der Waals surface area contributed by atoms with Gasteiger partial charge in [-0.15, -0.1) is 0 Å². The topological polar surface area (TPSA) is 36.4 Å². The number of halogens is 2. The van der Waals surface area contributed by atoms with E-state index in [9.17, 15) is 8.78 Å². The summed E-state index contributed by atoms with van der Waals surface area (Å²) in [5, 5.41) is 6.54. The molecule has 1 unspecified atom stereocenters. The molecule has 3 aromatic carbocycles. The summed E-state index contributed by atoms with van der Waals surface area (Å²) in [5.74, 6) is -1.11. The maximum Gasteiger partial charge on any atom is 0.170 e. The van der Waals surface area contributed by atoms with E-state index in [0.29, 0.717) is 17.2 Å². The van der Waals surface area contributed by atoms with Crippen molar-refractivity contribution in [3.63, 3.8) is 0 Å². The van der Waals surface area contributed by atoms with Gasteiger partial charge >= 0.3 is 0 Å². The lowest BCUT2D eigenvalue weighted by molar-refractivity contribution is 0.578. The Morgan fingerprint density at radius 1 is 0.933 bits per heavy atom. The van der Waals surface area contributed by atoms with Gasteiger partial charge in [0.15, 0.2) is 5.11 Å². The van der Waals surface area contributed by atoms with Gasteiger partial charge in [-0.2, -0.15) is 0 Å². The zero-order chi connectivity index (χ0) is 21.1. The maximum atomic E-state index is 14.1. The first-order chi connectivity index (χ1) is 14.5. The molecule has 3 aromatic rings. The monoisotopic (exact) mass is 421 g/mol. The lowest BCUT2D eigenvalue weighted by Crippen LogP contribution is -2.23. The molecular formula is C24H21F2N3S. The maximum absolute atomic E-state index is 14.1. The van der Waals surface area contributed by atoms with Crippen molar-refractivity contribution in [3.8, 4) is 11.1 Å². The molecule has 0 aliphatic carbocycles. The SMILES string of the molecule is CNC(=S)Nc1ccc(-c2ccc(C3CCC(c4c(F)cccc4F)=N3)cc2)cc1. The second kappa shape index (κ2) is 8.71. The van der Waals surface area contributed by atoms with Crippen LogP contribution in [0.15, 0.2) is 71.7 Å². The number of thiocarbonyl (C=S) groups is 1. The smallest absolute Gasteiger partial charge is 0.170 e. The number of nitrogens with one attached hydrogen (secondary N) is 2. The third-order valence-electron chi connectivity index (χ3n) is 5.22. The fourth-order valence-electron chi connectivity index (χ4n) is 3.63. The highest BCUT2D eigenvalue weighted by molar-refractivity contribution is 7.80. The molecule has 2 N–H and O–H groups in total. The van der Waals surface area contributed by atoms with Crippen molar-refractivity contribution in [2.75, 3.05) is 12.4 Å². The molecule has 1 heterocycles. The molecule has 0 aromatic heterocycles. The summed E-state index contributed by atoms with van der Waals surface area (Å²) in [7, 11) is 1.77. The Labute approximate surface area is 179 Å². The van der Waals surface area contributed by atoms with E-state index in [1.807, 2.05) is 48.5 Å². The van der Waals surface area contributed by atoms with E-state index >= 15 is 0 Å². The summed E-state index contributed by atoms with van der Waals surface area (Å²) in [6.45, 7) is 0. The van der Waals surface area contributed by atoms with Crippen molar-refractivity contribution in [2.45, 2.75) is 18.9 Å². The van der Waals surface area contributed by atoms with Crippen LogP contribution in [0.5, 0.6) is 0 Å². The van der Waals surface area contributed by atoms with Gasteiger partial charge in [0, 0.05) is 18.4 Å². The molecule has 30 heavy (non-hydrogen) atoms. The molecule has 0 radical (unpaired) electrons. The summed E-state index contributed by atoms with van der Waals surface area (Å²) in [4.78, 5) is 4.61. The van der Waals surface area contributed by atoms with Gasteiger partial charge in [0.25, 0.3) is 0 Å². The van der Waals surface area contributed by atoms with Crippen molar-refractivity contribution in [3.05, 3.63) is 89.5 Å². The Morgan fingerprint density at radius 3 is 2.13 bits per heavy atom. The van der Waals surface area contributed by atoms with E-state index in [-0.39, 0.29) is 11.6 Å². The van der Waals surface area contributed by atoms with Gasteiger partial charge in [-0.05, 0) is 66.0 Å². The Hall–Kier alpha value is -3.12. The minimum Gasteiger partial charge on any atom is -0.366 e. The lowest BCUT2D eigenvalue weighted by atomic mass is 9.99. The van der Waals surface area contributed by atoms with Crippen LogP contribution in [-0.4, -0.2) is 17.9 Å². The van der Waals surface area contributed by atoms with Crippen LogP contribution in [0.1, 0.15) is 30.0 Å². The lowest BCUT2D eigenvalue weighted by Gasteiger charge is -2.10. The Kier molecular flexibility index (Phi) is 5.86. The van der Waals surface area contributed by atoms with Gasteiger partial charge in [-0.25, -0.2) is 8.78 Å². The molecule has 3 nitrogen and oxygen atoms in total. The fourth-order valence-corrected chi connectivity index (χ4v) is 3.75. The molecule has 1 aliphatic heterocycles. The largest absolute Gasteiger partial charge is 0.366 e. The van der Waals surface area contributed by atoms with E-state index in [0.717, 1.165) is 28.8 Å². The number of rotatable bonds is 4. The van der Waals surface area contributed by atoms with E-state index in [4.69, 9.17) is 12.2 Å². The summed E-state index contributed by atoms with van der Waals surface area (Å²) >= 11 is 5.11. The first kappa shape index (κ1) is 20.2. The number of hydrogen-bond acceptors (Lipinski definition) is 2. The highest BCUT2D eigenvalue weighted by Gasteiger charge is 2.24. The van der Waals surface area contributed by atoms with Gasteiger partial charge in [0.05, 0.1) is 11.6 Å². The van der Waals surface area contributed by atoms with Crippen LogP contribution in [-0.2, 0) is 0 Å². The summed E-state index contributed by atoms with van der Waals surface area (Å²) < 4.78 is 28.1. The van der Waals surface area contributed by atoms with Gasteiger partial charge in [-0.3, -0.25) is 4.99 Å². The van der Waals surface area contributed by atoms with Crippen LogP contribution in [0.4, 0.5) is 14.5 Å². The Morgan fingerprint density at radius 2 is 1.53 bits per heavy atom. The average molecular weight is 422 g/mol. The van der Waals surface area contributed by atoms with Crippen molar-refractivity contribution >= 4 is 28.7 Å². The number of hydrogen-bond donors (Lipinski definition) is 2. The first-order valence-corrected chi connectivity index (χ1v) is 10.2. The van der Waals surface area contributed by atoms with E-state index in [1.54, 1.807) is 7.05 Å². The number of aliphatic imine (C=N–C) groups is 1. The van der Waals surface area contributed by atoms with E-state index < -0.39 is 11.6 Å². The first-order valence-electron chi connectivity index (χ1n) is 9.75. The molecule has 0 saturated heterocycles. The van der Waals surface area contributed by atoms with Crippen LogP contribution < -0.4 is 10.6 Å². The highest BCUT2D eigenvalue weighted by Crippen LogP contribution is 2.33. The van der Waals surface area contributed by atoms with Crippen molar-refractivity contribution in [1.82, 2.24) is 5.32 Å². The average Bonchev–Trinajstić information content (AvgIpc) is 3.24. The minimum absolute atomic E-state index is 0.00285. The molecule has 0 saturated carbocycles. The number of anilines is 1. The quantitative estimate of drug-likeness (QED) is 0.517. The third kappa shape index (κ3) is 4.24. The Bertz CT molecular complexity index is 1070. The molecular weight excluding hydrogens is 400 g/mol. The summed E-state index contributed by atoms with van der Waals surface area (Å²) in [5.41, 5.74) is 4.65. The molecule has 152 valence electrons. The zero-order valence-electron chi connectivity index (χ0n) is 16.5. The van der Waals surface area contributed by atoms with Gasteiger partial charge in [0.2, 0.25) is 0 Å². The van der Waals surface area contributed by atoms with Crippen LogP contribution in [0, 0.1) is 11.6 Å². The second-order valence-corrected chi connectivity index (χ2v) is 7.54.